The smallest absolute Gasteiger partial charge is 0.276 e. The van der Waals surface area contributed by atoms with Crippen molar-refractivity contribution in [2.24, 2.45) is 0 Å². The van der Waals surface area contributed by atoms with Crippen LogP contribution in [0.25, 0.3) is 0 Å². The van der Waals surface area contributed by atoms with Crippen molar-refractivity contribution >= 4 is 23.4 Å². The number of benzene rings is 2. The standard InChI is InChI=1S/C28H25ClFN3O5/c29-18-9-4-8-17(22(18)30)14-31-26(35)21-19-10-11-20-28-32(12-5-13-37-28)27(36)23(33(19)20)25(24(21)34)38-15-16-6-2-1-3-7-16/h1-4,6-9,20,28H,5,10-15H2,(H,31,35). The van der Waals surface area contributed by atoms with Crippen LogP contribution in [-0.2, 0) is 24.3 Å². The van der Waals surface area contributed by atoms with E-state index in [4.69, 9.17) is 21.1 Å². The third-order valence-electron chi connectivity index (χ3n) is 7.33. The van der Waals surface area contributed by atoms with Gasteiger partial charge in [-0.05, 0) is 30.9 Å². The Morgan fingerprint density at radius 3 is 2.79 bits per heavy atom. The molecule has 3 aromatic rings. The van der Waals surface area contributed by atoms with Crippen molar-refractivity contribution in [1.29, 1.82) is 0 Å². The van der Waals surface area contributed by atoms with E-state index in [1.54, 1.807) is 15.5 Å². The van der Waals surface area contributed by atoms with Gasteiger partial charge in [-0.25, -0.2) is 4.39 Å². The monoisotopic (exact) mass is 537 g/mol. The summed E-state index contributed by atoms with van der Waals surface area (Å²) in [6.07, 6.45) is 1.26. The van der Waals surface area contributed by atoms with Crippen molar-refractivity contribution in [3.8, 4) is 5.75 Å². The van der Waals surface area contributed by atoms with E-state index in [9.17, 15) is 18.8 Å². The van der Waals surface area contributed by atoms with Gasteiger partial charge >= 0.3 is 0 Å². The maximum atomic E-state index is 14.4. The number of nitrogens with one attached hydrogen (secondary N) is 1. The molecule has 1 fully saturated rings. The van der Waals surface area contributed by atoms with Crippen LogP contribution in [-0.4, -0.2) is 40.7 Å². The van der Waals surface area contributed by atoms with Crippen LogP contribution in [0.4, 0.5) is 4.39 Å². The molecule has 0 radical (unpaired) electrons. The Morgan fingerprint density at radius 1 is 1.16 bits per heavy atom. The summed E-state index contributed by atoms with van der Waals surface area (Å²) in [7, 11) is 0. The second-order valence-electron chi connectivity index (χ2n) is 9.59. The van der Waals surface area contributed by atoms with E-state index in [2.05, 4.69) is 5.32 Å². The van der Waals surface area contributed by atoms with Crippen molar-refractivity contribution in [3.63, 3.8) is 0 Å². The van der Waals surface area contributed by atoms with E-state index in [0.717, 1.165) is 5.56 Å². The molecule has 196 valence electrons. The minimum Gasteiger partial charge on any atom is -0.483 e. The number of rotatable bonds is 6. The number of fused-ring (bicyclic) bond motifs is 2. The van der Waals surface area contributed by atoms with Crippen molar-refractivity contribution in [1.82, 2.24) is 14.8 Å². The molecule has 1 saturated heterocycles. The van der Waals surface area contributed by atoms with Gasteiger partial charge in [0.1, 0.15) is 18.0 Å². The van der Waals surface area contributed by atoms with E-state index in [1.807, 2.05) is 30.3 Å². The predicted molar refractivity (Wildman–Crippen MR) is 137 cm³/mol. The van der Waals surface area contributed by atoms with Gasteiger partial charge in [-0.1, -0.05) is 54.1 Å². The maximum absolute atomic E-state index is 14.4. The molecule has 6 rings (SSSR count). The molecule has 1 N–H and O–H groups in total. The Morgan fingerprint density at radius 2 is 1.97 bits per heavy atom. The number of aromatic nitrogens is 1. The van der Waals surface area contributed by atoms with Crippen molar-refractivity contribution in [2.45, 2.75) is 44.7 Å². The first-order chi connectivity index (χ1) is 18.5. The van der Waals surface area contributed by atoms with Crippen molar-refractivity contribution in [3.05, 3.63) is 97.7 Å². The van der Waals surface area contributed by atoms with E-state index in [1.165, 1.54) is 12.1 Å². The Kier molecular flexibility index (Phi) is 6.41. The average Bonchev–Trinajstić information content (AvgIpc) is 3.37. The summed E-state index contributed by atoms with van der Waals surface area (Å²) in [6, 6.07) is 13.5. The zero-order valence-corrected chi connectivity index (χ0v) is 21.2. The molecule has 0 aliphatic carbocycles. The molecule has 8 nitrogen and oxygen atoms in total. The van der Waals surface area contributed by atoms with Crippen molar-refractivity contribution in [2.75, 3.05) is 13.2 Å². The van der Waals surface area contributed by atoms with Crippen LogP contribution in [0.5, 0.6) is 5.75 Å². The number of hydrogen-bond donors (Lipinski definition) is 1. The van der Waals surface area contributed by atoms with E-state index < -0.39 is 23.4 Å². The first-order valence-electron chi connectivity index (χ1n) is 12.6. The van der Waals surface area contributed by atoms with Gasteiger partial charge in [-0.2, -0.15) is 0 Å². The Balaban J connectivity index is 1.43. The summed E-state index contributed by atoms with van der Waals surface area (Å²) < 4.78 is 28.2. The number of amides is 2. The number of pyridine rings is 1. The first-order valence-corrected chi connectivity index (χ1v) is 12.9. The Labute approximate surface area is 222 Å². The van der Waals surface area contributed by atoms with E-state index in [0.29, 0.717) is 38.1 Å². The Hall–Kier alpha value is -3.69. The first kappa shape index (κ1) is 24.6. The molecule has 10 heteroatoms. The number of nitrogens with zero attached hydrogens (tertiary/aromatic N) is 2. The van der Waals surface area contributed by atoms with Gasteiger partial charge in [-0.3, -0.25) is 14.4 Å². The minimum atomic E-state index is -0.663. The van der Waals surface area contributed by atoms with Crippen LogP contribution >= 0.6 is 11.6 Å². The third kappa shape index (κ3) is 4.06. The number of ether oxygens (including phenoxy) is 2. The molecule has 2 unspecified atom stereocenters. The third-order valence-corrected chi connectivity index (χ3v) is 7.62. The molecule has 0 saturated carbocycles. The molecule has 38 heavy (non-hydrogen) atoms. The topological polar surface area (TPSA) is 89.9 Å². The van der Waals surface area contributed by atoms with Crippen LogP contribution in [0.1, 0.15) is 56.6 Å². The van der Waals surface area contributed by atoms with E-state index in [-0.39, 0.29) is 52.7 Å². The normalized spacial score (nSPS) is 19.6. The fourth-order valence-corrected chi connectivity index (χ4v) is 5.78. The molecule has 0 spiro atoms. The van der Waals surface area contributed by atoms with E-state index >= 15 is 0 Å². The van der Waals surface area contributed by atoms with Gasteiger partial charge in [0.2, 0.25) is 5.43 Å². The fourth-order valence-electron chi connectivity index (χ4n) is 5.59. The number of carbonyl (C=O) groups excluding carboxylic acids is 2. The van der Waals surface area contributed by atoms with Gasteiger partial charge in [-0.15, -0.1) is 0 Å². The molecule has 2 atom stereocenters. The summed E-state index contributed by atoms with van der Waals surface area (Å²) in [5.74, 6) is -1.79. The summed E-state index contributed by atoms with van der Waals surface area (Å²) in [6.45, 7) is 0.948. The molecule has 3 aliphatic rings. The highest BCUT2D eigenvalue weighted by molar-refractivity contribution is 6.30. The highest BCUT2D eigenvalue weighted by Gasteiger charge is 2.48. The second-order valence-corrected chi connectivity index (χ2v) is 10.00. The highest BCUT2D eigenvalue weighted by Crippen LogP contribution is 2.42. The molecule has 0 bridgehead atoms. The molecule has 3 aliphatic heterocycles. The fraction of sp³-hybridized carbons (Fsp3) is 0.321. The lowest BCUT2D eigenvalue weighted by Gasteiger charge is -2.44. The minimum absolute atomic E-state index is 0.0507. The lowest BCUT2D eigenvalue weighted by atomic mass is 10.1. The highest BCUT2D eigenvalue weighted by atomic mass is 35.5. The van der Waals surface area contributed by atoms with Gasteiger partial charge in [0, 0.05) is 24.3 Å². The summed E-state index contributed by atoms with van der Waals surface area (Å²) in [4.78, 5) is 42.6. The zero-order valence-electron chi connectivity index (χ0n) is 20.4. The lowest BCUT2D eigenvalue weighted by molar-refractivity contribution is -0.109. The molecular weight excluding hydrogens is 513 g/mol. The quantitative estimate of drug-likeness (QED) is 0.516. The summed E-state index contributed by atoms with van der Waals surface area (Å²) >= 11 is 5.87. The summed E-state index contributed by atoms with van der Waals surface area (Å²) in [5, 5.41) is 2.60. The number of halogens is 2. The zero-order chi connectivity index (χ0) is 26.4. The van der Waals surface area contributed by atoms with Gasteiger partial charge in [0.25, 0.3) is 11.8 Å². The van der Waals surface area contributed by atoms with Crippen LogP contribution < -0.4 is 15.5 Å². The van der Waals surface area contributed by atoms with Crippen LogP contribution in [0.3, 0.4) is 0 Å². The van der Waals surface area contributed by atoms with Gasteiger partial charge in [0.15, 0.2) is 17.7 Å². The molecule has 1 aromatic heterocycles. The number of hydrogen-bond acceptors (Lipinski definition) is 5. The van der Waals surface area contributed by atoms with Crippen molar-refractivity contribution < 1.29 is 23.5 Å². The predicted octanol–water partition coefficient (Wildman–Crippen LogP) is 3.84. The molecule has 2 amide bonds. The van der Waals surface area contributed by atoms with Crippen LogP contribution in [0.2, 0.25) is 5.02 Å². The Bertz CT molecular complexity index is 1490. The maximum Gasteiger partial charge on any atom is 0.276 e. The molecular formula is C28H25ClFN3O5. The number of carbonyl (C=O) groups is 2. The largest absolute Gasteiger partial charge is 0.483 e. The molecule has 2 aromatic carbocycles. The van der Waals surface area contributed by atoms with Crippen LogP contribution in [0.15, 0.2) is 53.3 Å². The second kappa shape index (κ2) is 9.89. The molecule has 4 heterocycles. The average molecular weight is 538 g/mol. The van der Waals surface area contributed by atoms with Gasteiger partial charge < -0.3 is 24.3 Å². The SMILES string of the molecule is O=C(NCc1cccc(Cl)c1F)c1c2n3c(c(OCc4ccccc4)c1=O)C(=O)N1CCCOC1C3CC2. The summed E-state index contributed by atoms with van der Waals surface area (Å²) in [5.41, 5.74) is 0.873. The van der Waals surface area contributed by atoms with Gasteiger partial charge in [0.05, 0.1) is 17.7 Å². The lowest BCUT2D eigenvalue weighted by Crippen LogP contribution is -2.55. The van der Waals surface area contributed by atoms with Crippen LogP contribution in [0, 0.1) is 5.82 Å².